The minimum absolute atomic E-state index is 0.00794. The number of aryl methyl sites for hydroxylation is 1. The number of amides is 1. The van der Waals surface area contributed by atoms with E-state index < -0.39 is 17.4 Å². The van der Waals surface area contributed by atoms with Crippen molar-refractivity contribution in [2.45, 2.75) is 40.3 Å². The average Bonchev–Trinajstić information content (AvgIpc) is 3.06. The Morgan fingerprint density at radius 2 is 1.94 bits per heavy atom. The molecule has 1 atom stereocenters. The lowest BCUT2D eigenvalue weighted by atomic mass is 9.96. The molecule has 3 aromatic rings. The molecule has 0 aliphatic carbocycles. The van der Waals surface area contributed by atoms with Gasteiger partial charge in [-0.05, 0) is 37.5 Å². The third kappa shape index (κ3) is 4.65. The third-order valence-corrected chi connectivity index (χ3v) is 4.86. The number of aromatic nitrogens is 2. The standard InChI is InChI=1S/C22H24FN3O5/c1-5-30-22(29)17-13(4)31-20-18(17)21(28)26(11-24-20)10-16(27)25-19(12(2)3)14-6-8-15(23)9-7-14/h6-9,11-12,19H,5,10H2,1-4H3,(H,25,27). The summed E-state index contributed by atoms with van der Waals surface area (Å²) in [5, 5.41) is 2.85. The highest BCUT2D eigenvalue weighted by atomic mass is 19.1. The van der Waals surface area contributed by atoms with Gasteiger partial charge >= 0.3 is 5.97 Å². The van der Waals surface area contributed by atoms with E-state index >= 15 is 0 Å². The maximum atomic E-state index is 13.2. The van der Waals surface area contributed by atoms with E-state index in [-0.39, 0.29) is 53.4 Å². The molecule has 0 saturated heterocycles. The number of esters is 1. The first-order valence-electron chi connectivity index (χ1n) is 9.93. The molecule has 2 heterocycles. The molecule has 1 unspecified atom stereocenters. The van der Waals surface area contributed by atoms with E-state index in [1.165, 1.54) is 18.5 Å². The fourth-order valence-corrected chi connectivity index (χ4v) is 3.38. The number of rotatable bonds is 7. The fourth-order valence-electron chi connectivity index (χ4n) is 3.38. The first-order chi connectivity index (χ1) is 14.7. The van der Waals surface area contributed by atoms with Gasteiger partial charge in [0.05, 0.1) is 12.6 Å². The van der Waals surface area contributed by atoms with E-state index in [0.29, 0.717) is 0 Å². The third-order valence-electron chi connectivity index (χ3n) is 4.86. The molecule has 0 saturated carbocycles. The van der Waals surface area contributed by atoms with Crippen LogP contribution in [0.5, 0.6) is 0 Å². The number of nitrogens with one attached hydrogen (secondary N) is 1. The van der Waals surface area contributed by atoms with Crippen molar-refractivity contribution in [1.82, 2.24) is 14.9 Å². The molecule has 0 radical (unpaired) electrons. The summed E-state index contributed by atoms with van der Waals surface area (Å²) < 4.78 is 24.8. The number of benzene rings is 1. The Morgan fingerprint density at radius 1 is 1.26 bits per heavy atom. The van der Waals surface area contributed by atoms with Crippen molar-refractivity contribution in [2.24, 2.45) is 5.92 Å². The zero-order chi connectivity index (χ0) is 22.7. The van der Waals surface area contributed by atoms with Crippen LogP contribution in [0, 0.1) is 18.7 Å². The topological polar surface area (TPSA) is 103 Å². The lowest BCUT2D eigenvalue weighted by Crippen LogP contribution is -2.36. The molecule has 1 aromatic carbocycles. The number of nitrogens with zero attached hydrogens (tertiary/aromatic N) is 2. The van der Waals surface area contributed by atoms with E-state index in [4.69, 9.17) is 9.15 Å². The van der Waals surface area contributed by atoms with Gasteiger partial charge < -0.3 is 14.5 Å². The van der Waals surface area contributed by atoms with Crippen LogP contribution >= 0.6 is 0 Å². The van der Waals surface area contributed by atoms with Gasteiger partial charge in [-0.3, -0.25) is 14.2 Å². The Bertz CT molecular complexity index is 1160. The Balaban J connectivity index is 1.88. The van der Waals surface area contributed by atoms with Crippen LogP contribution in [0.25, 0.3) is 11.1 Å². The van der Waals surface area contributed by atoms with Crippen molar-refractivity contribution < 1.29 is 23.1 Å². The molecule has 1 amide bonds. The van der Waals surface area contributed by atoms with Crippen molar-refractivity contribution in [2.75, 3.05) is 6.61 Å². The molecule has 9 heteroatoms. The summed E-state index contributed by atoms with van der Waals surface area (Å²) >= 11 is 0. The minimum Gasteiger partial charge on any atom is -0.462 e. The van der Waals surface area contributed by atoms with Crippen molar-refractivity contribution in [1.29, 1.82) is 0 Å². The summed E-state index contributed by atoms with van der Waals surface area (Å²) in [7, 11) is 0. The zero-order valence-electron chi connectivity index (χ0n) is 17.8. The summed E-state index contributed by atoms with van der Waals surface area (Å²) in [5.74, 6) is -1.23. The van der Waals surface area contributed by atoms with Crippen LogP contribution in [0.1, 0.15) is 48.5 Å². The molecule has 0 fully saturated rings. The predicted octanol–water partition coefficient (Wildman–Crippen LogP) is 3.13. The molecule has 3 rings (SSSR count). The van der Waals surface area contributed by atoms with Gasteiger partial charge in [0.15, 0.2) is 0 Å². The van der Waals surface area contributed by atoms with E-state index in [2.05, 4.69) is 10.3 Å². The van der Waals surface area contributed by atoms with Gasteiger partial charge in [0.2, 0.25) is 11.6 Å². The molecule has 0 bridgehead atoms. The largest absolute Gasteiger partial charge is 0.462 e. The van der Waals surface area contributed by atoms with Crippen molar-refractivity contribution >= 4 is 23.0 Å². The fraction of sp³-hybridized carbons (Fsp3) is 0.364. The maximum absolute atomic E-state index is 13.2. The van der Waals surface area contributed by atoms with Crippen molar-refractivity contribution in [3.05, 3.63) is 63.7 Å². The molecule has 1 N–H and O–H groups in total. The predicted molar refractivity (Wildman–Crippen MR) is 111 cm³/mol. The van der Waals surface area contributed by atoms with Gasteiger partial charge in [-0.2, -0.15) is 0 Å². The van der Waals surface area contributed by atoms with Gasteiger partial charge in [-0.25, -0.2) is 14.2 Å². The molecular formula is C22H24FN3O5. The van der Waals surface area contributed by atoms with E-state index in [1.807, 2.05) is 13.8 Å². The highest BCUT2D eigenvalue weighted by Gasteiger charge is 2.25. The average molecular weight is 429 g/mol. The molecular weight excluding hydrogens is 405 g/mol. The van der Waals surface area contributed by atoms with Crippen LogP contribution in [0.15, 0.2) is 39.8 Å². The number of furan rings is 1. The summed E-state index contributed by atoms with van der Waals surface area (Å²) in [5.41, 5.74) is 0.188. The van der Waals surface area contributed by atoms with Crippen LogP contribution < -0.4 is 10.9 Å². The van der Waals surface area contributed by atoms with Crippen LogP contribution in [0.4, 0.5) is 4.39 Å². The molecule has 31 heavy (non-hydrogen) atoms. The summed E-state index contributed by atoms with van der Waals surface area (Å²) in [6, 6.07) is 5.51. The summed E-state index contributed by atoms with van der Waals surface area (Å²) in [6.45, 7) is 6.88. The number of carbonyl (C=O) groups is 2. The number of halogens is 1. The smallest absolute Gasteiger partial charge is 0.342 e. The van der Waals surface area contributed by atoms with Crippen molar-refractivity contribution in [3.8, 4) is 0 Å². The molecule has 0 aliphatic heterocycles. The SMILES string of the molecule is CCOC(=O)c1c(C)oc2ncn(CC(=O)NC(c3ccc(F)cc3)C(C)C)c(=O)c12. The van der Waals surface area contributed by atoms with Gasteiger partial charge in [0.1, 0.15) is 35.4 Å². The number of ether oxygens (including phenoxy) is 1. The normalized spacial score (nSPS) is 12.2. The molecule has 0 aliphatic rings. The minimum atomic E-state index is -0.684. The lowest BCUT2D eigenvalue weighted by molar-refractivity contribution is -0.122. The highest BCUT2D eigenvalue weighted by Crippen LogP contribution is 2.23. The van der Waals surface area contributed by atoms with Crippen LogP contribution in [0.3, 0.4) is 0 Å². The Labute approximate surface area is 178 Å². The Morgan fingerprint density at radius 3 is 2.55 bits per heavy atom. The van der Waals surface area contributed by atoms with E-state index in [9.17, 15) is 18.8 Å². The Kier molecular flexibility index (Phi) is 6.53. The summed E-state index contributed by atoms with van der Waals surface area (Å²) in [4.78, 5) is 42.0. The van der Waals surface area contributed by atoms with Crippen LogP contribution in [-0.4, -0.2) is 28.0 Å². The number of hydrogen-bond donors (Lipinski definition) is 1. The molecule has 2 aromatic heterocycles. The first-order valence-corrected chi connectivity index (χ1v) is 9.93. The quantitative estimate of drug-likeness (QED) is 0.579. The van der Waals surface area contributed by atoms with Gasteiger partial charge in [-0.1, -0.05) is 26.0 Å². The maximum Gasteiger partial charge on any atom is 0.342 e. The second-order valence-electron chi connectivity index (χ2n) is 7.45. The molecule has 8 nitrogen and oxygen atoms in total. The van der Waals surface area contributed by atoms with E-state index in [0.717, 1.165) is 10.1 Å². The van der Waals surface area contributed by atoms with Crippen molar-refractivity contribution in [3.63, 3.8) is 0 Å². The number of hydrogen-bond acceptors (Lipinski definition) is 6. The number of fused-ring (bicyclic) bond motifs is 1. The highest BCUT2D eigenvalue weighted by molar-refractivity contribution is 6.03. The second-order valence-corrected chi connectivity index (χ2v) is 7.45. The number of carbonyl (C=O) groups excluding carboxylic acids is 2. The van der Waals surface area contributed by atoms with Gasteiger partial charge in [0, 0.05) is 0 Å². The van der Waals surface area contributed by atoms with E-state index in [1.54, 1.807) is 26.0 Å². The Hall–Kier alpha value is -3.49. The lowest BCUT2D eigenvalue weighted by Gasteiger charge is -2.23. The van der Waals surface area contributed by atoms with Crippen LogP contribution in [-0.2, 0) is 16.1 Å². The second kappa shape index (κ2) is 9.11. The van der Waals surface area contributed by atoms with Crippen LogP contribution in [0.2, 0.25) is 0 Å². The summed E-state index contributed by atoms with van der Waals surface area (Å²) in [6.07, 6.45) is 1.20. The van der Waals surface area contributed by atoms with Gasteiger partial charge in [-0.15, -0.1) is 0 Å². The van der Waals surface area contributed by atoms with Gasteiger partial charge in [0.25, 0.3) is 5.56 Å². The zero-order valence-corrected chi connectivity index (χ0v) is 17.8. The molecule has 0 spiro atoms. The molecule has 164 valence electrons. The first kappa shape index (κ1) is 22.2. The monoisotopic (exact) mass is 429 g/mol.